The molecule has 2 aromatic carbocycles. The third kappa shape index (κ3) is 19.1. The monoisotopic (exact) mass is 1110 g/mol. The Morgan fingerprint density at radius 3 is 1.77 bits per heavy atom. The maximum atomic E-state index is 14.5. The molecule has 4 aromatic rings. The van der Waals surface area contributed by atoms with Gasteiger partial charge in [-0.25, -0.2) is 4.98 Å². The molecule has 1 aliphatic heterocycles. The number of phenols is 1. The molecule has 9 amide bonds. The fraction of sp³-hybridized carbons (Fsp3) is 0.500. The largest absolute Gasteiger partial charge is 0.508 e. The molecule has 0 spiro atoms. The number of nitrogens with one attached hydrogen (secondary N) is 10. The number of hydrogen-bond acceptors (Lipinski definition) is 13. The number of nitrogens with zero attached hydrogens (tertiary/aromatic N) is 3. The van der Waals surface area contributed by atoms with Crippen LogP contribution < -0.4 is 54.0 Å². The van der Waals surface area contributed by atoms with Crippen LogP contribution in [0.2, 0.25) is 0 Å². The number of phenolic OH excluding ortho intramolecular Hbond substituents is 1. The number of aromatic hydroxyl groups is 1. The molecule has 0 unspecified atom stereocenters. The molecular weight excluding hydrogens is 1030 g/mol. The van der Waals surface area contributed by atoms with Crippen LogP contribution in [-0.4, -0.2) is 165 Å². The van der Waals surface area contributed by atoms with Crippen molar-refractivity contribution in [1.82, 2.24) is 62.4 Å². The number of fused-ring (bicyclic) bond motifs is 1. The first-order valence-electron chi connectivity index (χ1n) is 26.6. The van der Waals surface area contributed by atoms with Gasteiger partial charge in [-0.3, -0.25) is 48.1 Å². The molecule has 434 valence electrons. The smallest absolute Gasteiger partial charge is 0.245 e. The van der Waals surface area contributed by atoms with E-state index in [2.05, 4.69) is 62.5 Å². The number of aromatic amines is 2. The van der Waals surface area contributed by atoms with Crippen molar-refractivity contribution in [3.8, 4) is 5.75 Å². The zero-order chi connectivity index (χ0) is 58.6. The highest BCUT2D eigenvalue weighted by Crippen LogP contribution is 2.20. The maximum absolute atomic E-state index is 14.5. The zero-order valence-corrected chi connectivity index (χ0v) is 46.0. The van der Waals surface area contributed by atoms with Gasteiger partial charge in [-0.1, -0.05) is 58.0 Å². The van der Waals surface area contributed by atoms with Crippen molar-refractivity contribution in [3.63, 3.8) is 0 Å². The van der Waals surface area contributed by atoms with Crippen LogP contribution in [0.25, 0.3) is 10.9 Å². The Balaban J connectivity index is 1.38. The van der Waals surface area contributed by atoms with E-state index < -0.39 is 102 Å². The molecule has 1 saturated heterocycles. The lowest BCUT2D eigenvalue weighted by Gasteiger charge is -2.29. The second kappa shape index (κ2) is 30.0. The zero-order valence-electron chi connectivity index (χ0n) is 46.0. The van der Waals surface area contributed by atoms with E-state index >= 15 is 0 Å². The van der Waals surface area contributed by atoms with Gasteiger partial charge >= 0.3 is 0 Å². The first-order valence-corrected chi connectivity index (χ1v) is 26.6. The topological polar surface area (TPSA) is 402 Å². The van der Waals surface area contributed by atoms with Gasteiger partial charge in [0.15, 0.2) is 5.96 Å². The number of nitrogens with two attached hydrogens (primary N) is 2. The van der Waals surface area contributed by atoms with Crippen molar-refractivity contribution >= 4 is 70.0 Å². The maximum Gasteiger partial charge on any atom is 0.245 e. The van der Waals surface area contributed by atoms with Crippen LogP contribution in [0.3, 0.4) is 0 Å². The third-order valence-corrected chi connectivity index (χ3v) is 13.2. The summed E-state index contributed by atoms with van der Waals surface area (Å²) in [6.07, 6.45) is 5.14. The lowest BCUT2D eigenvalue weighted by atomic mass is 9.98. The van der Waals surface area contributed by atoms with Crippen LogP contribution in [-0.2, 0) is 62.4 Å². The summed E-state index contributed by atoms with van der Waals surface area (Å²) in [6.45, 7) is 6.54. The predicted octanol–water partition coefficient (Wildman–Crippen LogP) is -1.48. The summed E-state index contributed by atoms with van der Waals surface area (Å²) in [5.74, 6) is -6.84. The van der Waals surface area contributed by atoms with Crippen molar-refractivity contribution in [1.29, 1.82) is 0 Å². The molecule has 0 radical (unpaired) electrons. The number of aliphatic imine (C=N–C) groups is 1. The van der Waals surface area contributed by atoms with Gasteiger partial charge in [0.1, 0.15) is 54.1 Å². The van der Waals surface area contributed by atoms with Crippen molar-refractivity contribution in [2.24, 2.45) is 28.3 Å². The number of para-hydroxylation sites is 1. The number of aliphatic hydroxyl groups is 1. The minimum absolute atomic E-state index is 0.0719. The number of hydrogen-bond donors (Lipinski definition) is 14. The molecule has 0 aliphatic carbocycles. The summed E-state index contributed by atoms with van der Waals surface area (Å²) in [5.41, 5.74) is 13.2. The summed E-state index contributed by atoms with van der Waals surface area (Å²) in [6, 6.07) is 2.74. The number of guanidine groups is 1. The Bertz CT molecular complexity index is 2790. The molecular formula is C54H77N15O11. The highest BCUT2D eigenvalue weighted by atomic mass is 16.3. The molecule has 26 nitrogen and oxygen atoms in total. The first kappa shape index (κ1) is 62.3. The van der Waals surface area contributed by atoms with Gasteiger partial charge < -0.3 is 79.1 Å². The van der Waals surface area contributed by atoms with Crippen molar-refractivity contribution < 1.29 is 53.4 Å². The number of aromatic nitrogens is 3. The molecule has 0 saturated carbocycles. The van der Waals surface area contributed by atoms with Gasteiger partial charge in [-0.15, -0.1) is 0 Å². The Morgan fingerprint density at radius 2 is 1.24 bits per heavy atom. The number of likely N-dealkylation sites (N-methyl/N-ethyl adjacent to an activating group) is 1. The van der Waals surface area contributed by atoms with E-state index in [1.54, 1.807) is 26.4 Å². The standard InChI is InChI=1S/C54H77N15O11/c1-29(2)20-39(47(74)62-38(53(80)69(5)6)12-9-19-58-54(55)56)63-48(75)40(21-30(3)4)64-49(76)41(22-31-13-15-34(71)16-14-31)65-52(79)44(27-70)68-50(77)42(23-32-25-59-36-11-8-7-10-35(32)36)66-51(78)43(24-33-26-57-28-60-33)67-46(73)37-17-18-45(72)61-37/h7-8,10-11,13-16,25-26,28-30,37-44,59,70-71H,9,12,17-24,27H2,1-6H3,(H,57,60)(H,61,72)(H,62,74)(H,63,75)(H,64,76)(H,65,79)(H,66,78)(H,67,73)(H,68,77)(H4,55,56,58)/t37-,38-,39-,40+,41-,42-,43-,44-/m0/s1. The molecule has 26 heteroatoms. The molecule has 1 aliphatic rings. The molecule has 16 N–H and O–H groups in total. The Labute approximate surface area is 463 Å². The number of carbonyl (C=O) groups is 9. The van der Waals surface area contributed by atoms with Gasteiger partial charge in [0.05, 0.1) is 12.9 Å². The number of amides is 9. The first-order chi connectivity index (χ1) is 38.0. The number of benzene rings is 2. The van der Waals surface area contributed by atoms with Crippen LogP contribution in [0.1, 0.15) is 83.0 Å². The van der Waals surface area contributed by atoms with E-state index in [-0.39, 0.29) is 87.4 Å². The van der Waals surface area contributed by atoms with Gasteiger partial charge in [0.2, 0.25) is 53.2 Å². The van der Waals surface area contributed by atoms with Gasteiger partial charge in [-0.05, 0) is 73.3 Å². The average molecular weight is 1110 g/mol. The summed E-state index contributed by atoms with van der Waals surface area (Å²) in [4.78, 5) is 140. The van der Waals surface area contributed by atoms with E-state index in [1.807, 2.05) is 45.9 Å². The normalized spacial score (nSPS) is 15.7. The van der Waals surface area contributed by atoms with E-state index in [4.69, 9.17) is 11.5 Å². The lowest BCUT2D eigenvalue weighted by Crippen LogP contribution is -2.61. The van der Waals surface area contributed by atoms with E-state index in [0.717, 1.165) is 10.9 Å². The molecule has 1 fully saturated rings. The van der Waals surface area contributed by atoms with Gasteiger partial charge in [0, 0.05) is 75.3 Å². The SMILES string of the molecule is CC(C)C[C@H](NC(=O)[C@@H](CC(C)C)NC(=O)[C@H](Cc1ccc(O)cc1)NC(=O)[C@H](CO)NC(=O)[C@H](Cc1c[nH]c2ccccc12)NC(=O)[C@H](Cc1cnc[nH]1)NC(=O)[C@@H]1CCC(=O)N1)C(=O)N[C@@H](CCCN=C(N)N)C(=O)N(C)C. The van der Waals surface area contributed by atoms with Gasteiger partial charge in [-0.2, -0.15) is 0 Å². The molecule has 0 bridgehead atoms. The van der Waals surface area contributed by atoms with E-state index in [1.165, 1.54) is 41.7 Å². The lowest BCUT2D eigenvalue weighted by molar-refractivity contribution is -0.137. The number of imidazole rings is 1. The Kier molecular flexibility index (Phi) is 23.4. The summed E-state index contributed by atoms with van der Waals surface area (Å²) in [5, 5.41) is 42.9. The van der Waals surface area contributed by atoms with Crippen molar-refractivity contribution in [3.05, 3.63) is 84.1 Å². The van der Waals surface area contributed by atoms with Crippen molar-refractivity contribution in [2.75, 3.05) is 27.2 Å². The number of H-pyrrole nitrogens is 2. The highest BCUT2D eigenvalue weighted by Gasteiger charge is 2.36. The quantitative estimate of drug-likeness (QED) is 0.0161. The molecule has 80 heavy (non-hydrogen) atoms. The summed E-state index contributed by atoms with van der Waals surface area (Å²) < 4.78 is 0. The van der Waals surface area contributed by atoms with Crippen LogP contribution in [0.5, 0.6) is 5.75 Å². The number of aliphatic hydroxyl groups excluding tert-OH is 1. The molecule has 3 heterocycles. The fourth-order valence-electron chi connectivity index (χ4n) is 9.02. The predicted molar refractivity (Wildman–Crippen MR) is 295 cm³/mol. The molecule has 2 aromatic heterocycles. The van der Waals surface area contributed by atoms with E-state index in [0.29, 0.717) is 23.2 Å². The Morgan fingerprint density at radius 1 is 0.700 bits per heavy atom. The minimum atomic E-state index is -1.73. The Hall–Kier alpha value is -8.55. The van der Waals surface area contributed by atoms with Crippen molar-refractivity contribution in [2.45, 2.75) is 134 Å². The van der Waals surface area contributed by atoms with Crippen LogP contribution in [0, 0.1) is 11.8 Å². The number of rotatable bonds is 30. The summed E-state index contributed by atoms with van der Waals surface area (Å²) in [7, 11) is 3.08. The summed E-state index contributed by atoms with van der Waals surface area (Å²) >= 11 is 0. The van der Waals surface area contributed by atoms with Crippen LogP contribution >= 0.6 is 0 Å². The van der Waals surface area contributed by atoms with Gasteiger partial charge in [0.25, 0.3) is 0 Å². The van der Waals surface area contributed by atoms with Crippen LogP contribution in [0.4, 0.5) is 0 Å². The second-order valence-electron chi connectivity index (χ2n) is 20.9. The average Bonchev–Trinajstić information content (AvgIpc) is 4.19. The second-order valence-corrected chi connectivity index (χ2v) is 20.9. The minimum Gasteiger partial charge on any atom is -0.508 e. The van der Waals surface area contributed by atoms with Crippen LogP contribution in [0.15, 0.2) is 72.2 Å². The molecule has 8 atom stereocenters. The third-order valence-electron chi connectivity index (χ3n) is 13.2. The number of carbonyl (C=O) groups excluding carboxylic acids is 9. The highest BCUT2D eigenvalue weighted by molar-refractivity contribution is 5.99. The molecule has 5 rings (SSSR count). The van der Waals surface area contributed by atoms with E-state index in [9.17, 15) is 53.4 Å². The fourth-order valence-corrected chi connectivity index (χ4v) is 9.02.